The maximum Gasteiger partial charge on any atom is 0.266 e. The summed E-state index contributed by atoms with van der Waals surface area (Å²) in [5.41, 5.74) is 4.31. The van der Waals surface area contributed by atoms with E-state index in [1.807, 2.05) is 24.1 Å². The molecule has 1 N–H and O–H groups in total. The molecule has 5 rings (SSSR count). The van der Waals surface area contributed by atoms with Gasteiger partial charge in [0.15, 0.2) is 0 Å². The van der Waals surface area contributed by atoms with Crippen molar-refractivity contribution in [3.63, 3.8) is 0 Å². The summed E-state index contributed by atoms with van der Waals surface area (Å²) < 4.78 is 29.2. The van der Waals surface area contributed by atoms with E-state index in [-0.39, 0.29) is 56.7 Å². The van der Waals surface area contributed by atoms with E-state index >= 15 is 0 Å². The van der Waals surface area contributed by atoms with Crippen LogP contribution >= 0.6 is 47.8 Å². The van der Waals surface area contributed by atoms with E-state index in [9.17, 15) is 13.6 Å². The van der Waals surface area contributed by atoms with Crippen molar-refractivity contribution < 1.29 is 13.6 Å². The predicted octanol–water partition coefficient (Wildman–Crippen LogP) is 8.47. The molecule has 0 aliphatic heterocycles. The summed E-state index contributed by atoms with van der Waals surface area (Å²) in [6.45, 7) is 2.50. The molecular weight excluding hydrogens is 595 g/mol. The summed E-state index contributed by atoms with van der Waals surface area (Å²) in [5.74, 6) is -1.48. The van der Waals surface area contributed by atoms with Gasteiger partial charge in [0.2, 0.25) is 0 Å². The maximum absolute atomic E-state index is 14.6. The third-order valence-corrected chi connectivity index (χ3v) is 9.30. The molecule has 2 heterocycles. The second kappa shape index (κ2) is 14.1. The molecule has 2 aromatic heterocycles. The van der Waals surface area contributed by atoms with Gasteiger partial charge in [-0.15, -0.1) is 36.2 Å². The molecule has 2 aromatic carbocycles. The number of hydrogen-bond acceptors (Lipinski definition) is 4. The lowest BCUT2D eigenvalue weighted by atomic mass is 9.89. The van der Waals surface area contributed by atoms with Crippen molar-refractivity contribution in [1.82, 2.24) is 15.2 Å². The number of amides is 1. The van der Waals surface area contributed by atoms with Crippen molar-refractivity contribution in [2.75, 3.05) is 7.05 Å². The molecule has 0 bridgehead atoms. The minimum atomic E-state index is -0.624. The van der Waals surface area contributed by atoms with Crippen LogP contribution in [0.3, 0.4) is 0 Å². The number of carbonyl (C=O) groups is 1. The van der Waals surface area contributed by atoms with Gasteiger partial charge in [-0.05, 0) is 91.7 Å². The molecule has 0 spiro atoms. The van der Waals surface area contributed by atoms with Crippen LogP contribution in [0.25, 0.3) is 21.2 Å². The van der Waals surface area contributed by atoms with Crippen LogP contribution in [0.15, 0.2) is 54.9 Å². The van der Waals surface area contributed by atoms with Crippen LogP contribution < -0.4 is 5.32 Å². The molecule has 10 heteroatoms. The molecule has 4 aromatic rings. The Morgan fingerprint density at radius 1 is 1.00 bits per heavy atom. The number of benzene rings is 2. The average molecular weight is 627 g/mol. The lowest BCUT2D eigenvalue weighted by molar-refractivity contribution is 0.0606. The second-order valence-electron chi connectivity index (χ2n) is 9.78. The largest absolute Gasteiger partial charge is 0.331 e. The lowest BCUT2D eigenvalue weighted by Crippen LogP contribution is -2.44. The van der Waals surface area contributed by atoms with Gasteiger partial charge in [0.25, 0.3) is 5.91 Å². The summed E-state index contributed by atoms with van der Waals surface area (Å²) in [7, 11) is 1.96. The summed E-state index contributed by atoms with van der Waals surface area (Å²) in [6.07, 6.45) is 7.93. The van der Waals surface area contributed by atoms with Crippen LogP contribution in [-0.4, -0.2) is 34.9 Å². The molecule has 1 aliphatic carbocycles. The maximum atomic E-state index is 14.6. The van der Waals surface area contributed by atoms with Gasteiger partial charge in [0.05, 0.1) is 15.1 Å². The fourth-order valence-corrected chi connectivity index (χ4v) is 6.94. The van der Waals surface area contributed by atoms with Crippen molar-refractivity contribution in [2.24, 2.45) is 0 Å². The van der Waals surface area contributed by atoms with Crippen LogP contribution in [0.2, 0.25) is 5.02 Å². The number of nitrogens with one attached hydrogen (secondary N) is 1. The smallest absolute Gasteiger partial charge is 0.266 e. The van der Waals surface area contributed by atoms with Gasteiger partial charge < -0.3 is 10.2 Å². The second-order valence-corrected chi connectivity index (χ2v) is 11.2. The minimum absolute atomic E-state index is 0. The van der Waals surface area contributed by atoms with Gasteiger partial charge in [-0.3, -0.25) is 9.78 Å². The van der Waals surface area contributed by atoms with Gasteiger partial charge in [-0.2, -0.15) is 0 Å². The Morgan fingerprint density at radius 2 is 1.68 bits per heavy atom. The first-order valence-electron chi connectivity index (χ1n) is 13.0. The van der Waals surface area contributed by atoms with E-state index in [0.717, 1.165) is 77.8 Å². The number of thiophene rings is 1. The number of fused-ring (bicyclic) bond motifs is 1. The third-order valence-electron chi connectivity index (χ3n) is 7.62. The fourth-order valence-electron chi connectivity index (χ4n) is 5.43. The minimum Gasteiger partial charge on any atom is -0.331 e. The molecule has 1 aliphatic rings. The molecule has 1 fully saturated rings. The highest BCUT2D eigenvalue weighted by Crippen LogP contribution is 2.40. The molecule has 214 valence electrons. The Balaban J connectivity index is 0.00000220. The topological polar surface area (TPSA) is 45.2 Å². The Morgan fingerprint density at radius 3 is 2.30 bits per heavy atom. The van der Waals surface area contributed by atoms with Gasteiger partial charge in [0, 0.05) is 31.0 Å². The summed E-state index contributed by atoms with van der Waals surface area (Å²) in [4.78, 5) is 20.3. The molecule has 0 radical (unpaired) electrons. The fraction of sp³-hybridized carbons (Fsp3) is 0.333. The van der Waals surface area contributed by atoms with E-state index in [1.165, 1.54) is 0 Å². The molecule has 0 unspecified atom stereocenters. The summed E-state index contributed by atoms with van der Waals surface area (Å²) in [6, 6.07) is 12.8. The standard InChI is InChI=1S/C30H30ClF2N3OS.2ClH/c1-3-18-4-5-20(19-12-14-35-15-13-19)16-21(18)17-36(23-8-6-22(34-2)7-9-23)30(37)29-27(31)26-24(32)10-11-25(33)28(26)38-29;;/h4-5,10-16,22-23,34H,3,6-9,17H2,1-2H3;2*1H. The Hall–Kier alpha value is -2.29. The number of rotatable bonds is 7. The highest BCUT2D eigenvalue weighted by atomic mass is 35.5. The number of halogens is 5. The van der Waals surface area contributed by atoms with Crippen molar-refractivity contribution in [2.45, 2.75) is 57.7 Å². The van der Waals surface area contributed by atoms with Gasteiger partial charge >= 0.3 is 0 Å². The van der Waals surface area contributed by atoms with E-state index < -0.39 is 11.6 Å². The van der Waals surface area contributed by atoms with Crippen molar-refractivity contribution >= 4 is 63.7 Å². The number of carbonyl (C=O) groups excluding carboxylic acids is 1. The van der Waals surface area contributed by atoms with Crippen molar-refractivity contribution in [3.05, 3.63) is 87.5 Å². The normalized spacial score (nSPS) is 16.7. The molecule has 1 saturated carbocycles. The van der Waals surface area contributed by atoms with Crippen molar-refractivity contribution in [3.8, 4) is 11.1 Å². The number of hydrogen-bond donors (Lipinski definition) is 1. The monoisotopic (exact) mass is 625 g/mol. The lowest BCUT2D eigenvalue weighted by Gasteiger charge is -2.37. The molecule has 4 nitrogen and oxygen atoms in total. The van der Waals surface area contributed by atoms with Crippen LogP contribution in [0.5, 0.6) is 0 Å². The first kappa shape index (κ1) is 32.2. The summed E-state index contributed by atoms with van der Waals surface area (Å²) in [5, 5.41) is 3.31. The van der Waals surface area contributed by atoms with E-state index in [2.05, 4.69) is 35.4 Å². The zero-order chi connectivity index (χ0) is 26.8. The third kappa shape index (κ3) is 6.44. The molecular formula is C30H32Cl3F2N3OS. The average Bonchev–Trinajstić information content (AvgIpc) is 3.32. The first-order valence-corrected chi connectivity index (χ1v) is 14.2. The van der Waals surface area contributed by atoms with Crippen LogP contribution in [-0.2, 0) is 13.0 Å². The summed E-state index contributed by atoms with van der Waals surface area (Å²) >= 11 is 7.50. The highest BCUT2D eigenvalue weighted by Gasteiger charge is 2.32. The van der Waals surface area contributed by atoms with Gasteiger partial charge in [-0.1, -0.05) is 30.7 Å². The number of aromatic nitrogens is 1. The van der Waals surface area contributed by atoms with Gasteiger partial charge in [-0.25, -0.2) is 8.78 Å². The quantitative estimate of drug-likeness (QED) is 0.224. The first-order chi connectivity index (χ1) is 18.4. The zero-order valence-corrected chi connectivity index (χ0v) is 25.5. The Kier molecular flexibility index (Phi) is 11.3. The van der Waals surface area contributed by atoms with Crippen LogP contribution in [0.4, 0.5) is 8.78 Å². The molecule has 0 saturated heterocycles. The SMILES string of the molecule is CCc1ccc(-c2ccncc2)cc1CN(C(=O)c1sc2c(F)ccc(F)c2c1Cl)C1CCC(NC)CC1.Cl.Cl. The van der Waals surface area contributed by atoms with E-state index in [4.69, 9.17) is 11.6 Å². The zero-order valence-electron chi connectivity index (χ0n) is 22.3. The van der Waals surface area contributed by atoms with E-state index in [1.54, 1.807) is 12.4 Å². The van der Waals surface area contributed by atoms with Crippen molar-refractivity contribution in [1.29, 1.82) is 0 Å². The Labute approximate surface area is 255 Å². The number of nitrogens with zero attached hydrogens (tertiary/aromatic N) is 2. The van der Waals surface area contributed by atoms with Crippen LogP contribution in [0.1, 0.15) is 53.4 Å². The molecule has 1 amide bonds. The number of aryl methyl sites for hydroxylation is 1. The predicted molar refractivity (Wildman–Crippen MR) is 165 cm³/mol. The van der Waals surface area contributed by atoms with E-state index in [0.29, 0.717) is 12.6 Å². The molecule has 0 atom stereocenters. The molecule has 40 heavy (non-hydrogen) atoms. The Bertz CT molecular complexity index is 1460. The van der Waals surface area contributed by atoms with Gasteiger partial charge in [0.1, 0.15) is 16.5 Å². The highest BCUT2D eigenvalue weighted by molar-refractivity contribution is 7.21. The van der Waals surface area contributed by atoms with Crippen LogP contribution in [0, 0.1) is 11.6 Å². The number of pyridine rings is 1.